The zero-order valence-electron chi connectivity index (χ0n) is 13.4. The van der Waals surface area contributed by atoms with Crippen molar-refractivity contribution in [2.45, 2.75) is 0 Å². The molecule has 0 fully saturated rings. The maximum absolute atomic E-state index is 12.9. The van der Waals surface area contributed by atoms with E-state index in [1.54, 1.807) is 12.3 Å². The molecule has 0 unspecified atom stereocenters. The van der Waals surface area contributed by atoms with Gasteiger partial charge in [-0.15, -0.1) is 0 Å². The molecule has 4 aromatic rings. The van der Waals surface area contributed by atoms with Gasteiger partial charge in [0, 0.05) is 22.7 Å². The third kappa shape index (κ3) is 2.60. The predicted octanol–water partition coefficient (Wildman–Crippen LogP) is 5.11. The van der Waals surface area contributed by atoms with E-state index in [9.17, 15) is 10.1 Å². The highest BCUT2D eigenvalue weighted by Gasteiger charge is 2.16. The molecule has 25 heavy (non-hydrogen) atoms. The molecule has 0 bridgehead atoms. The fourth-order valence-corrected chi connectivity index (χ4v) is 3.08. The molecule has 0 aliphatic carbocycles. The summed E-state index contributed by atoms with van der Waals surface area (Å²) in [4.78, 5) is 16.0. The van der Waals surface area contributed by atoms with Crippen LogP contribution in [0.15, 0.2) is 78.5 Å². The normalized spacial score (nSPS) is 11.6. The van der Waals surface area contributed by atoms with Crippen LogP contribution in [0.25, 0.3) is 27.8 Å². The number of allylic oxidation sites excluding steroid dienone is 1. The molecule has 0 aliphatic heterocycles. The zero-order chi connectivity index (χ0) is 17.2. The van der Waals surface area contributed by atoms with Crippen molar-refractivity contribution in [3.63, 3.8) is 0 Å². The number of hydrogen-bond acceptors (Lipinski definition) is 2. The molecule has 0 spiro atoms. The minimum absolute atomic E-state index is 0.126. The second-order valence-corrected chi connectivity index (χ2v) is 5.82. The molecule has 0 saturated heterocycles. The van der Waals surface area contributed by atoms with E-state index in [0.29, 0.717) is 5.56 Å². The predicted molar refractivity (Wildman–Crippen MR) is 100 cm³/mol. The molecule has 0 aliphatic rings. The topological polar surface area (TPSA) is 56.6 Å². The van der Waals surface area contributed by atoms with E-state index < -0.39 is 0 Å². The number of nitriles is 1. The lowest BCUT2D eigenvalue weighted by Crippen LogP contribution is -2.01. The summed E-state index contributed by atoms with van der Waals surface area (Å²) in [5.41, 5.74) is 2.39. The highest BCUT2D eigenvalue weighted by Crippen LogP contribution is 2.24. The third-order valence-electron chi connectivity index (χ3n) is 4.32. The summed E-state index contributed by atoms with van der Waals surface area (Å²) in [5.74, 6) is -0.270. The van der Waals surface area contributed by atoms with Crippen LogP contribution in [-0.2, 0) is 0 Å². The number of benzene rings is 3. The third-order valence-corrected chi connectivity index (χ3v) is 4.32. The molecular weight excluding hydrogens is 308 g/mol. The minimum atomic E-state index is -0.270. The lowest BCUT2D eigenvalue weighted by molar-refractivity contribution is 0.104. The SMILES string of the molecule is N#C/C(=C\c1cccc2ccccc12)C(=O)c1c[nH]c2ccccc12. The number of ketones is 1. The van der Waals surface area contributed by atoms with Crippen molar-refractivity contribution in [2.24, 2.45) is 0 Å². The standard InChI is InChI=1S/C22H14N2O/c23-13-17(12-16-8-5-7-15-6-1-2-9-18(15)16)22(25)20-14-24-21-11-4-3-10-19(20)21/h1-12,14,24H/b17-12+. The number of Topliss-reactive ketones (excluding diaryl/α,β-unsaturated/α-hetero) is 1. The number of H-pyrrole nitrogens is 1. The minimum Gasteiger partial charge on any atom is -0.360 e. The molecule has 3 nitrogen and oxygen atoms in total. The number of nitrogens with one attached hydrogen (secondary N) is 1. The first-order valence-corrected chi connectivity index (χ1v) is 7.98. The summed E-state index contributed by atoms with van der Waals surface area (Å²) in [5, 5.41) is 12.5. The summed E-state index contributed by atoms with van der Waals surface area (Å²) in [6, 6.07) is 23.4. The van der Waals surface area contributed by atoms with Crippen LogP contribution in [0, 0.1) is 11.3 Å². The molecule has 118 valence electrons. The molecule has 1 heterocycles. The Morgan fingerprint density at radius 3 is 2.48 bits per heavy atom. The van der Waals surface area contributed by atoms with Crippen LogP contribution in [0.1, 0.15) is 15.9 Å². The first-order valence-electron chi connectivity index (χ1n) is 7.98. The first kappa shape index (κ1) is 14.9. The smallest absolute Gasteiger partial charge is 0.205 e. The van der Waals surface area contributed by atoms with Gasteiger partial charge in [0.25, 0.3) is 0 Å². The molecule has 4 rings (SSSR count). The van der Waals surface area contributed by atoms with Gasteiger partial charge in [0.15, 0.2) is 0 Å². The van der Waals surface area contributed by atoms with Gasteiger partial charge in [0.2, 0.25) is 5.78 Å². The van der Waals surface area contributed by atoms with E-state index in [4.69, 9.17) is 0 Å². The lowest BCUT2D eigenvalue weighted by atomic mass is 9.98. The fraction of sp³-hybridized carbons (Fsp3) is 0. The van der Waals surface area contributed by atoms with E-state index in [0.717, 1.165) is 27.2 Å². The van der Waals surface area contributed by atoms with Crippen molar-refractivity contribution in [1.82, 2.24) is 4.98 Å². The Morgan fingerprint density at radius 2 is 1.64 bits per heavy atom. The number of rotatable bonds is 3. The van der Waals surface area contributed by atoms with Gasteiger partial charge in [-0.25, -0.2) is 0 Å². The quantitative estimate of drug-likeness (QED) is 0.324. The van der Waals surface area contributed by atoms with Gasteiger partial charge in [-0.3, -0.25) is 4.79 Å². The number of para-hydroxylation sites is 1. The van der Waals surface area contributed by atoms with E-state index in [1.807, 2.05) is 66.7 Å². The average molecular weight is 322 g/mol. The second kappa shape index (κ2) is 6.10. The summed E-state index contributed by atoms with van der Waals surface area (Å²) < 4.78 is 0. The summed E-state index contributed by atoms with van der Waals surface area (Å²) >= 11 is 0. The second-order valence-electron chi connectivity index (χ2n) is 5.82. The van der Waals surface area contributed by atoms with Crippen LogP contribution in [-0.4, -0.2) is 10.8 Å². The zero-order valence-corrected chi connectivity index (χ0v) is 13.4. The Kier molecular flexibility index (Phi) is 3.64. The molecule has 1 aromatic heterocycles. The van der Waals surface area contributed by atoms with Gasteiger partial charge >= 0.3 is 0 Å². The van der Waals surface area contributed by atoms with Gasteiger partial charge in [-0.05, 0) is 28.5 Å². The molecule has 3 aromatic carbocycles. The van der Waals surface area contributed by atoms with Crippen LogP contribution < -0.4 is 0 Å². The van der Waals surface area contributed by atoms with E-state index in [1.165, 1.54) is 0 Å². The summed E-state index contributed by atoms with van der Waals surface area (Å²) in [7, 11) is 0. The molecule has 3 heteroatoms. The van der Waals surface area contributed by atoms with Crippen molar-refractivity contribution in [2.75, 3.05) is 0 Å². The maximum atomic E-state index is 12.9. The van der Waals surface area contributed by atoms with E-state index in [2.05, 4.69) is 11.1 Å². The Bertz CT molecular complexity index is 1170. The molecule has 0 amide bonds. The Morgan fingerprint density at radius 1 is 0.920 bits per heavy atom. The average Bonchev–Trinajstić information content (AvgIpc) is 3.10. The van der Waals surface area contributed by atoms with Crippen molar-refractivity contribution < 1.29 is 4.79 Å². The van der Waals surface area contributed by atoms with E-state index >= 15 is 0 Å². The Hall–Kier alpha value is -3.64. The van der Waals surface area contributed by atoms with Crippen LogP contribution in [0.3, 0.4) is 0 Å². The lowest BCUT2D eigenvalue weighted by Gasteiger charge is -2.03. The number of aromatic amines is 1. The van der Waals surface area contributed by atoms with Crippen molar-refractivity contribution >= 4 is 33.5 Å². The highest BCUT2D eigenvalue weighted by atomic mass is 16.1. The van der Waals surface area contributed by atoms with Gasteiger partial charge in [0.1, 0.15) is 11.6 Å². The van der Waals surface area contributed by atoms with Gasteiger partial charge in [-0.1, -0.05) is 60.7 Å². The molecule has 0 saturated carbocycles. The Labute approximate surface area is 144 Å². The van der Waals surface area contributed by atoms with Gasteiger partial charge < -0.3 is 4.98 Å². The maximum Gasteiger partial charge on any atom is 0.205 e. The number of aromatic nitrogens is 1. The number of carbonyl (C=O) groups is 1. The molecular formula is C22H14N2O. The van der Waals surface area contributed by atoms with Crippen LogP contribution in [0.4, 0.5) is 0 Å². The van der Waals surface area contributed by atoms with Gasteiger partial charge in [-0.2, -0.15) is 5.26 Å². The molecule has 1 N–H and O–H groups in total. The Balaban J connectivity index is 1.83. The first-order chi connectivity index (χ1) is 12.3. The van der Waals surface area contributed by atoms with Crippen LogP contribution in [0.2, 0.25) is 0 Å². The number of fused-ring (bicyclic) bond motifs is 2. The van der Waals surface area contributed by atoms with Crippen molar-refractivity contribution in [1.29, 1.82) is 5.26 Å². The van der Waals surface area contributed by atoms with Crippen LogP contribution in [0.5, 0.6) is 0 Å². The van der Waals surface area contributed by atoms with Crippen molar-refractivity contribution in [3.05, 3.63) is 89.6 Å². The van der Waals surface area contributed by atoms with Gasteiger partial charge in [0.05, 0.1) is 0 Å². The van der Waals surface area contributed by atoms with E-state index in [-0.39, 0.29) is 11.4 Å². The molecule has 0 radical (unpaired) electrons. The largest absolute Gasteiger partial charge is 0.360 e. The van der Waals surface area contributed by atoms with Crippen LogP contribution >= 0.6 is 0 Å². The number of carbonyl (C=O) groups excluding carboxylic acids is 1. The summed E-state index contributed by atoms with van der Waals surface area (Å²) in [6.07, 6.45) is 3.34. The summed E-state index contributed by atoms with van der Waals surface area (Å²) in [6.45, 7) is 0. The molecule has 0 atom stereocenters. The monoisotopic (exact) mass is 322 g/mol. The number of nitrogens with zero attached hydrogens (tertiary/aromatic N) is 1. The van der Waals surface area contributed by atoms with Crippen molar-refractivity contribution in [3.8, 4) is 6.07 Å². The highest BCUT2D eigenvalue weighted by molar-refractivity contribution is 6.20. The number of hydrogen-bond donors (Lipinski definition) is 1. The fourth-order valence-electron chi connectivity index (χ4n) is 3.08.